The van der Waals surface area contributed by atoms with E-state index in [0.717, 1.165) is 5.56 Å². The van der Waals surface area contributed by atoms with Crippen LogP contribution in [0.25, 0.3) is 11.0 Å². The maximum Gasteiger partial charge on any atom is 0.272 e. The molecule has 2 aromatic carbocycles. The minimum Gasteiger partial charge on any atom is -0.495 e. The van der Waals surface area contributed by atoms with Crippen LogP contribution in [0.4, 0.5) is 5.69 Å². The summed E-state index contributed by atoms with van der Waals surface area (Å²) in [5, 5.41) is 5.34. The number of benzene rings is 2. The van der Waals surface area contributed by atoms with Crippen LogP contribution in [0.2, 0.25) is 0 Å². The molecule has 2 N–H and O–H groups in total. The first-order valence-corrected chi connectivity index (χ1v) is 9.58. The van der Waals surface area contributed by atoms with E-state index in [-0.39, 0.29) is 18.0 Å². The van der Waals surface area contributed by atoms with Crippen molar-refractivity contribution in [3.63, 3.8) is 0 Å². The molecule has 0 aliphatic rings. The van der Waals surface area contributed by atoms with E-state index in [1.807, 2.05) is 19.9 Å². The third-order valence-corrected chi connectivity index (χ3v) is 4.73. The number of aromatic nitrogens is 2. The van der Waals surface area contributed by atoms with Crippen LogP contribution >= 0.6 is 0 Å². The van der Waals surface area contributed by atoms with Gasteiger partial charge in [0.2, 0.25) is 5.91 Å². The van der Waals surface area contributed by atoms with Gasteiger partial charge in [0, 0.05) is 12.1 Å². The summed E-state index contributed by atoms with van der Waals surface area (Å²) in [7, 11) is 1.52. The van der Waals surface area contributed by atoms with Gasteiger partial charge in [0.05, 0.1) is 30.4 Å². The number of hydrogen-bond donors (Lipinski definition) is 2. The Morgan fingerprint density at radius 3 is 2.60 bits per heavy atom. The van der Waals surface area contributed by atoms with Crippen LogP contribution in [-0.4, -0.2) is 35.0 Å². The van der Waals surface area contributed by atoms with Crippen LogP contribution in [-0.2, 0) is 11.3 Å². The number of anilines is 1. The largest absolute Gasteiger partial charge is 0.495 e. The van der Waals surface area contributed by atoms with Gasteiger partial charge < -0.3 is 19.9 Å². The van der Waals surface area contributed by atoms with Crippen LogP contribution in [0.3, 0.4) is 0 Å². The molecule has 0 radical (unpaired) electrons. The molecule has 0 bridgehead atoms. The van der Waals surface area contributed by atoms with Gasteiger partial charge in [-0.15, -0.1) is 0 Å². The number of ether oxygens (including phenoxy) is 1. The standard InChI is InChI=1S/C22H24N4O4/c1-5-26-18-8-7-15(11-16(18)24-14(3)22(26)29)21(28)23-12-20(27)25-17-10-13(2)6-9-19(17)30-4/h6-11H,5,12H2,1-4H3,(H,23,28)(H,25,27). The fraction of sp³-hybridized carbons (Fsp3) is 0.273. The highest BCUT2D eigenvalue weighted by Gasteiger charge is 2.13. The lowest BCUT2D eigenvalue weighted by atomic mass is 10.1. The zero-order valence-corrected chi connectivity index (χ0v) is 17.4. The van der Waals surface area contributed by atoms with Gasteiger partial charge in [-0.1, -0.05) is 6.07 Å². The average Bonchev–Trinajstić information content (AvgIpc) is 2.73. The van der Waals surface area contributed by atoms with Crippen molar-refractivity contribution in [1.29, 1.82) is 0 Å². The molecule has 0 aliphatic heterocycles. The van der Waals surface area contributed by atoms with E-state index in [2.05, 4.69) is 15.6 Å². The summed E-state index contributed by atoms with van der Waals surface area (Å²) in [5.41, 5.74) is 3.30. The molecule has 0 saturated heterocycles. The summed E-state index contributed by atoms with van der Waals surface area (Å²) in [6.45, 7) is 5.74. The first-order chi connectivity index (χ1) is 14.3. The van der Waals surface area contributed by atoms with Crippen molar-refractivity contribution in [3.05, 3.63) is 63.6 Å². The van der Waals surface area contributed by atoms with Crippen molar-refractivity contribution in [2.45, 2.75) is 27.3 Å². The van der Waals surface area contributed by atoms with E-state index in [4.69, 9.17) is 4.74 Å². The number of nitrogens with zero attached hydrogens (tertiary/aromatic N) is 2. The minimum absolute atomic E-state index is 0.148. The van der Waals surface area contributed by atoms with Gasteiger partial charge in [0.25, 0.3) is 11.5 Å². The highest BCUT2D eigenvalue weighted by atomic mass is 16.5. The van der Waals surface area contributed by atoms with E-state index in [9.17, 15) is 14.4 Å². The summed E-state index contributed by atoms with van der Waals surface area (Å²) in [4.78, 5) is 41.3. The lowest BCUT2D eigenvalue weighted by molar-refractivity contribution is -0.115. The SMILES string of the molecule is CCn1c(=O)c(C)nc2cc(C(=O)NCC(=O)Nc3cc(C)ccc3OC)ccc21. The number of methoxy groups -OCH3 is 1. The number of hydrogen-bond acceptors (Lipinski definition) is 5. The molecule has 8 nitrogen and oxygen atoms in total. The predicted octanol–water partition coefficient (Wildman–Crippen LogP) is 2.41. The van der Waals surface area contributed by atoms with E-state index >= 15 is 0 Å². The van der Waals surface area contributed by atoms with E-state index < -0.39 is 5.91 Å². The summed E-state index contributed by atoms with van der Waals surface area (Å²) in [6, 6.07) is 10.4. The Morgan fingerprint density at radius 2 is 1.90 bits per heavy atom. The lowest BCUT2D eigenvalue weighted by Crippen LogP contribution is -2.33. The number of nitrogens with one attached hydrogen (secondary N) is 2. The Morgan fingerprint density at radius 1 is 1.13 bits per heavy atom. The van der Waals surface area contributed by atoms with Gasteiger partial charge in [-0.3, -0.25) is 14.4 Å². The van der Waals surface area contributed by atoms with Gasteiger partial charge in [-0.05, 0) is 56.7 Å². The van der Waals surface area contributed by atoms with Gasteiger partial charge in [-0.2, -0.15) is 0 Å². The third kappa shape index (κ3) is 4.32. The molecule has 0 fully saturated rings. The number of amides is 2. The molecule has 0 aliphatic carbocycles. The quantitative estimate of drug-likeness (QED) is 0.652. The Balaban J connectivity index is 1.72. The van der Waals surface area contributed by atoms with Crippen molar-refractivity contribution >= 4 is 28.5 Å². The highest BCUT2D eigenvalue weighted by Crippen LogP contribution is 2.25. The number of carbonyl (C=O) groups excluding carboxylic acids is 2. The van der Waals surface area contributed by atoms with Crippen LogP contribution in [0.5, 0.6) is 5.75 Å². The van der Waals surface area contributed by atoms with Gasteiger partial charge in [0.15, 0.2) is 0 Å². The molecule has 1 aromatic heterocycles. The number of rotatable bonds is 6. The van der Waals surface area contributed by atoms with Crippen molar-refractivity contribution in [3.8, 4) is 5.75 Å². The molecule has 1 heterocycles. The maximum absolute atomic E-state index is 12.5. The molecule has 0 spiro atoms. The highest BCUT2D eigenvalue weighted by molar-refractivity contribution is 6.01. The molecule has 2 amide bonds. The molecule has 3 rings (SSSR count). The van der Waals surface area contributed by atoms with E-state index in [1.165, 1.54) is 7.11 Å². The second-order valence-electron chi connectivity index (χ2n) is 6.88. The van der Waals surface area contributed by atoms with Crippen molar-refractivity contribution < 1.29 is 14.3 Å². The van der Waals surface area contributed by atoms with Crippen molar-refractivity contribution in [2.24, 2.45) is 0 Å². The van der Waals surface area contributed by atoms with Gasteiger partial charge >= 0.3 is 0 Å². The smallest absolute Gasteiger partial charge is 0.272 e. The average molecular weight is 408 g/mol. The number of carbonyl (C=O) groups is 2. The molecule has 3 aromatic rings. The summed E-state index contributed by atoms with van der Waals surface area (Å²) in [5.74, 6) is -0.239. The Hall–Kier alpha value is -3.68. The monoisotopic (exact) mass is 408 g/mol. The second kappa shape index (κ2) is 8.77. The zero-order valence-electron chi connectivity index (χ0n) is 17.4. The Bertz CT molecular complexity index is 1180. The van der Waals surface area contributed by atoms with Gasteiger partial charge in [-0.25, -0.2) is 4.98 Å². The van der Waals surface area contributed by atoms with Gasteiger partial charge in [0.1, 0.15) is 11.4 Å². The first-order valence-electron chi connectivity index (χ1n) is 9.58. The molecule has 30 heavy (non-hydrogen) atoms. The molecular formula is C22H24N4O4. The Kier molecular flexibility index (Phi) is 6.15. The molecular weight excluding hydrogens is 384 g/mol. The first kappa shape index (κ1) is 21.0. The second-order valence-corrected chi connectivity index (χ2v) is 6.88. The normalized spacial score (nSPS) is 10.7. The van der Waals surface area contributed by atoms with E-state index in [1.54, 1.807) is 41.8 Å². The molecule has 8 heteroatoms. The summed E-state index contributed by atoms with van der Waals surface area (Å²) in [6.07, 6.45) is 0. The van der Waals surface area contributed by atoms with Crippen molar-refractivity contribution in [1.82, 2.24) is 14.9 Å². The third-order valence-electron chi connectivity index (χ3n) is 4.73. The maximum atomic E-state index is 12.5. The lowest BCUT2D eigenvalue weighted by Gasteiger charge is -2.12. The fourth-order valence-corrected chi connectivity index (χ4v) is 3.21. The summed E-state index contributed by atoms with van der Waals surface area (Å²) < 4.78 is 6.85. The fourth-order valence-electron chi connectivity index (χ4n) is 3.21. The minimum atomic E-state index is -0.406. The topological polar surface area (TPSA) is 102 Å². The predicted molar refractivity (Wildman–Crippen MR) is 115 cm³/mol. The Labute approximate surface area is 173 Å². The van der Waals surface area contributed by atoms with Crippen molar-refractivity contribution in [2.75, 3.05) is 19.0 Å². The molecule has 0 atom stereocenters. The zero-order chi connectivity index (χ0) is 21.8. The van der Waals surface area contributed by atoms with E-state index in [0.29, 0.717) is 40.3 Å². The number of aryl methyl sites for hydroxylation is 3. The van der Waals surface area contributed by atoms with Crippen LogP contribution in [0, 0.1) is 13.8 Å². The van der Waals surface area contributed by atoms with Crippen LogP contribution in [0.15, 0.2) is 41.2 Å². The number of fused-ring (bicyclic) bond motifs is 1. The molecule has 156 valence electrons. The molecule has 0 saturated carbocycles. The summed E-state index contributed by atoms with van der Waals surface area (Å²) >= 11 is 0. The van der Waals surface area contributed by atoms with Crippen LogP contribution in [0.1, 0.15) is 28.5 Å². The van der Waals surface area contributed by atoms with Crippen LogP contribution < -0.4 is 20.9 Å². The molecule has 0 unspecified atom stereocenters.